The van der Waals surface area contributed by atoms with E-state index >= 15 is 0 Å². The smallest absolute Gasteiger partial charge is 0.220 e. The molecule has 1 heterocycles. The summed E-state index contributed by atoms with van der Waals surface area (Å²) in [7, 11) is 4.79. The Morgan fingerprint density at radius 3 is 2.00 bits per heavy atom. The lowest BCUT2D eigenvalue weighted by Crippen LogP contribution is -1.96. The summed E-state index contributed by atoms with van der Waals surface area (Å²) in [6.07, 6.45) is 0. The fourth-order valence-electron chi connectivity index (χ4n) is 1.53. The number of aromatic nitrogens is 2. The molecule has 2 rings (SSSR count). The SMILES string of the molecule is COc1ccc(CSc2nc(OC)cc(OC)n2)cc1. The Kier molecular flexibility index (Phi) is 5.06. The molecule has 106 valence electrons. The summed E-state index contributed by atoms with van der Waals surface area (Å²) in [5.41, 5.74) is 1.17. The van der Waals surface area contributed by atoms with Gasteiger partial charge in [-0.2, -0.15) is 9.97 Å². The van der Waals surface area contributed by atoms with Crippen molar-refractivity contribution in [3.63, 3.8) is 0 Å². The van der Waals surface area contributed by atoms with Crippen molar-refractivity contribution >= 4 is 11.8 Å². The zero-order chi connectivity index (χ0) is 14.4. The van der Waals surface area contributed by atoms with Crippen molar-refractivity contribution in [2.24, 2.45) is 0 Å². The summed E-state index contributed by atoms with van der Waals surface area (Å²) in [6, 6.07) is 9.55. The Labute approximate surface area is 122 Å². The van der Waals surface area contributed by atoms with E-state index in [9.17, 15) is 0 Å². The molecular weight excluding hydrogens is 276 g/mol. The van der Waals surface area contributed by atoms with Gasteiger partial charge >= 0.3 is 0 Å². The van der Waals surface area contributed by atoms with E-state index in [1.165, 1.54) is 17.3 Å². The van der Waals surface area contributed by atoms with Gasteiger partial charge in [0.25, 0.3) is 0 Å². The number of benzene rings is 1. The summed E-state index contributed by atoms with van der Waals surface area (Å²) >= 11 is 1.52. The Bertz CT molecular complexity index is 539. The normalized spacial score (nSPS) is 10.2. The summed E-state index contributed by atoms with van der Waals surface area (Å²) in [5, 5.41) is 0.622. The lowest BCUT2D eigenvalue weighted by molar-refractivity contribution is 0.364. The predicted octanol–water partition coefficient (Wildman–Crippen LogP) is 2.79. The van der Waals surface area contributed by atoms with Crippen LogP contribution in [-0.4, -0.2) is 31.3 Å². The number of methoxy groups -OCH3 is 3. The van der Waals surface area contributed by atoms with Crippen molar-refractivity contribution in [3.8, 4) is 17.5 Å². The van der Waals surface area contributed by atoms with E-state index in [0.717, 1.165) is 11.5 Å². The minimum atomic E-state index is 0.495. The molecule has 0 N–H and O–H groups in total. The van der Waals surface area contributed by atoms with Crippen LogP contribution in [0.1, 0.15) is 5.56 Å². The van der Waals surface area contributed by atoms with Crippen molar-refractivity contribution in [2.75, 3.05) is 21.3 Å². The highest BCUT2D eigenvalue weighted by molar-refractivity contribution is 7.98. The third kappa shape index (κ3) is 3.77. The van der Waals surface area contributed by atoms with Gasteiger partial charge in [-0.15, -0.1) is 0 Å². The summed E-state index contributed by atoms with van der Waals surface area (Å²) < 4.78 is 15.4. The summed E-state index contributed by atoms with van der Waals surface area (Å²) in [5.74, 6) is 2.60. The highest BCUT2D eigenvalue weighted by Crippen LogP contribution is 2.25. The molecule has 0 fully saturated rings. The number of hydrogen-bond donors (Lipinski definition) is 0. The van der Waals surface area contributed by atoms with Crippen LogP contribution in [0.4, 0.5) is 0 Å². The molecule has 6 heteroatoms. The lowest BCUT2D eigenvalue weighted by Gasteiger charge is -2.06. The van der Waals surface area contributed by atoms with Crippen molar-refractivity contribution in [2.45, 2.75) is 10.9 Å². The van der Waals surface area contributed by atoms with Gasteiger partial charge in [0, 0.05) is 5.75 Å². The monoisotopic (exact) mass is 292 g/mol. The third-order valence-electron chi connectivity index (χ3n) is 2.60. The molecule has 1 aromatic carbocycles. The van der Waals surface area contributed by atoms with E-state index in [4.69, 9.17) is 14.2 Å². The average Bonchev–Trinajstić information content (AvgIpc) is 2.53. The minimum Gasteiger partial charge on any atom is -0.497 e. The van der Waals surface area contributed by atoms with Gasteiger partial charge < -0.3 is 14.2 Å². The molecule has 0 spiro atoms. The number of thioether (sulfide) groups is 1. The molecule has 1 aromatic heterocycles. The molecule has 0 amide bonds. The lowest BCUT2D eigenvalue weighted by atomic mass is 10.2. The molecule has 2 aromatic rings. The maximum Gasteiger partial charge on any atom is 0.220 e. The Hall–Kier alpha value is -1.95. The van der Waals surface area contributed by atoms with E-state index in [2.05, 4.69) is 9.97 Å². The van der Waals surface area contributed by atoms with Crippen LogP contribution < -0.4 is 14.2 Å². The van der Waals surface area contributed by atoms with E-state index < -0.39 is 0 Å². The summed E-state index contributed by atoms with van der Waals surface area (Å²) in [6.45, 7) is 0. The first kappa shape index (κ1) is 14.5. The molecule has 0 bridgehead atoms. The van der Waals surface area contributed by atoms with Crippen LogP contribution in [0, 0.1) is 0 Å². The molecular formula is C14H16N2O3S. The van der Waals surface area contributed by atoms with Crippen molar-refractivity contribution in [1.29, 1.82) is 0 Å². The van der Waals surface area contributed by atoms with Gasteiger partial charge in [-0.1, -0.05) is 23.9 Å². The first-order chi connectivity index (χ1) is 9.75. The number of ether oxygens (including phenoxy) is 3. The maximum atomic E-state index is 5.13. The van der Waals surface area contributed by atoms with Crippen LogP contribution in [0.2, 0.25) is 0 Å². The maximum absolute atomic E-state index is 5.13. The molecule has 0 atom stereocenters. The van der Waals surface area contributed by atoms with Gasteiger partial charge in [-0.3, -0.25) is 0 Å². The van der Waals surface area contributed by atoms with Crippen LogP contribution >= 0.6 is 11.8 Å². The van der Waals surface area contributed by atoms with E-state index in [-0.39, 0.29) is 0 Å². The van der Waals surface area contributed by atoms with Gasteiger partial charge in [0.2, 0.25) is 11.8 Å². The average molecular weight is 292 g/mol. The second kappa shape index (κ2) is 7.00. The van der Waals surface area contributed by atoms with E-state index in [1.807, 2.05) is 24.3 Å². The van der Waals surface area contributed by atoms with E-state index in [0.29, 0.717) is 16.9 Å². The Morgan fingerprint density at radius 1 is 0.900 bits per heavy atom. The van der Waals surface area contributed by atoms with Crippen molar-refractivity contribution < 1.29 is 14.2 Å². The predicted molar refractivity (Wildman–Crippen MR) is 77.7 cm³/mol. The highest BCUT2D eigenvalue weighted by Gasteiger charge is 2.06. The molecule has 0 aliphatic rings. The van der Waals surface area contributed by atoms with Crippen molar-refractivity contribution in [3.05, 3.63) is 35.9 Å². The van der Waals surface area contributed by atoms with Crippen LogP contribution in [0.5, 0.6) is 17.5 Å². The standard InChI is InChI=1S/C14H16N2O3S/c1-17-11-6-4-10(5-7-11)9-20-14-15-12(18-2)8-13(16-14)19-3/h4-8H,9H2,1-3H3. The molecule has 20 heavy (non-hydrogen) atoms. The zero-order valence-electron chi connectivity index (χ0n) is 11.6. The molecule has 0 aliphatic carbocycles. The van der Waals surface area contributed by atoms with Crippen molar-refractivity contribution in [1.82, 2.24) is 9.97 Å². The third-order valence-corrected chi connectivity index (χ3v) is 3.52. The number of hydrogen-bond acceptors (Lipinski definition) is 6. The van der Waals surface area contributed by atoms with Crippen LogP contribution in [0.15, 0.2) is 35.5 Å². The molecule has 0 radical (unpaired) electrons. The molecule has 0 aliphatic heterocycles. The van der Waals surface area contributed by atoms with Crippen LogP contribution in [0.25, 0.3) is 0 Å². The second-order valence-electron chi connectivity index (χ2n) is 3.87. The Balaban J connectivity index is 2.05. The first-order valence-corrected chi connectivity index (χ1v) is 6.96. The minimum absolute atomic E-state index is 0.495. The topological polar surface area (TPSA) is 53.5 Å². The van der Waals surface area contributed by atoms with Gasteiger partial charge in [-0.05, 0) is 17.7 Å². The first-order valence-electron chi connectivity index (χ1n) is 5.98. The van der Waals surface area contributed by atoms with Crippen LogP contribution in [-0.2, 0) is 5.75 Å². The number of nitrogens with zero attached hydrogens (tertiary/aromatic N) is 2. The number of rotatable bonds is 6. The Morgan fingerprint density at radius 2 is 1.50 bits per heavy atom. The zero-order valence-corrected chi connectivity index (χ0v) is 12.4. The van der Waals surface area contributed by atoms with Gasteiger partial charge in [0.05, 0.1) is 27.4 Å². The fraction of sp³-hybridized carbons (Fsp3) is 0.286. The fourth-order valence-corrected chi connectivity index (χ4v) is 2.32. The van der Waals surface area contributed by atoms with Crippen LogP contribution in [0.3, 0.4) is 0 Å². The molecule has 0 saturated heterocycles. The molecule has 0 unspecified atom stereocenters. The van der Waals surface area contributed by atoms with E-state index in [1.54, 1.807) is 27.4 Å². The van der Waals surface area contributed by atoms with Gasteiger partial charge in [0.15, 0.2) is 5.16 Å². The second-order valence-corrected chi connectivity index (χ2v) is 4.81. The quantitative estimate of drug-likeness (QED) is 0.603. The molecule has 5 nitrogen and oxygen atoms in total. The highest BCUT2D eigenvalue weighted by atomic mass is 32.2. The summed E-state index contributed by atoms with van der Waals surface area (Å²) in [4.78, 5) is 8.55. The van der Waals surface area contributed by atoms with Gasteiger partial charge in [0.1, 0.15) is 5.75 Å². The molecule has 0 saturated carbocycles. The largest absolute Gasteiger partial charge is 0.497 e. The van der Waals surface area contributed by atoms with Gasteiger partial charge in [-0.25, -0.2) is 0 Å².